The maximum atomic E-state index is 12.9. The van der Waals surface area contributed by atoms with Gasteiger partial charge in [-0.1, -0.05) is 0 Å². The number of anilines is 1. The molecule has 4 rings (SSSR count). The lowest BCUT2D eigenvalue weighted by atomic mass is 10.1. The Bertz CT molecular complexity index is 732. The van der Waals surface area contributed by atoms with Gasteiger partial charge in [0.25, 0.3) is 0 Å². The van der Waals surface area contributed by atoms with E-state index in [9.17, 15) is 13.2 Å². The van der Waals surface area contributed by atoms with Crippen molar-refractivity contribution < 1.29 is 13.2 Å². The van der Waals surface area contributed by atoms with Crippen molar-refractivity contribution in [1.29, 1.82) is 0 Å². The van der Waals surface area contributed by atoms with Gasteiger partial charge in [0, 0.05) is 43.8 Å². The summed E-state index contributed by atoms with van der Waals surface area (Å²) in [5, 5.41) is 3.51. The van der Waals surface area contributed by atoms with E-state index in [4.69, 9.17) is 0 Å². The first-order valence-corrected chi connectivity index (χ1v) is 10.1. The van der Waals surface area contributed by atoms with E-state index in [0.29, 0.717) is 37.0 Å². The van der Waals surface area contributed by atoms with E-state index in [1.807, 2.05) is 0 Å². The number of rotatable bonds is 3. The molecule has 0 aromatic heterocycles. The first-order valence-electron chi connectivity index (χ1n) is 8.71. The van der Waals surface area contributed by atoms with Crippen molar-refractivity contribution in [2.75, 3.05) is 24.5 Å². The smallest absolute Gasteiger partial charge is 0.243 e. The summed E-state index contributed by atoms with van der Waals surface area (Å²) in [5.41, 5.74) is 0.785. The molecular formula is C17H23N3O3S. The second kappa shape index (κ2) is 6.13. The molecule has 1 amide bonds. The minimum atomic E-state index is -3.47. The highest BCUT2D eigenvalue weighted by atomic mass is 32.2. The van der Waals surface area contributed by atoms with Crippen LogP contribution in [0.5, 0.6) is 0 Å². The van der Waals surface area contributed by atoms with E-state index in [0.717, 1.165) is 31.4 Å². The molecule has 24 heavy (non-hydrogen) atoms. The Morgan fingerprint density at radius 2 is 1.75 bits per heavy atom. The van der Waals surface area contributed by atoms with Crippen molar-refractivity contribution in [3.63, 3.8) is 0 Å². The van der Waals surface area contributed by atoms with Gasteiger partial charge in [-0.05, 0) is 49.9 Å². The van der Waals surface area contributed by atoms with E-state index >= 15 is 0 Å². The third-order valence-electron chi connectivity index (χ3n) is 5.35. The predicted octanol–water partition coefficient (Wildman–Crippen LogP) is 1.33. The summed E-state index contributed by atoms with van der Waals surface area (Å²) in [6.07, 6.45) is 4.51. The van der Waals surface area contributed by atoms with Crippen molar-refractivity contribution >= 4 is 21.6 Å². The maximum Gasteiger partial charge on any atom is 0.243 e. The standard InChI is InChI=1S/C17H23N3O3S/c21-17-2-1-10-20(17)15-5-7-16(8-6-15)24(22,23)19-11-9-13-3-4-14(12-19)18-13/h5-8,13-14,18H,1-4,9-12H2. The van der Waals surface area contributed by atoms with Crippen molar-refractivity contribution in [3.05, 3.63) is 24.3 Å². The van der Waals surface area contributed by atoms with Crippen molar-refractivity contribution in [2.24, 2.45) is 0 Å². The van der Waals surface area contributed by atoms with Crippen molar-refractivity contribution in [1.82, 2.24) is 9.62 Å². The van der Waals surface area contributed by atoms with Crippen LogP contribution in [-0.4, -0.2) is 50.3 Å². The van der Waals surface area contributed by atoms with Crippen LogP contribution in [0.15, 0.2) is 29.2 Å². The Hall–Kier alpha value is -1.44. The van der Waals surface area contributed by atoms with Crippen LogP contribution in [0.1, 0.15) is 32.1 Å². The van der Waals surface area contributed by atoms with E-state index < -0.39 is 10.0 Å². The number of benzene rings is 1. The zero-order chi connectivity index (χ0) is 16.7. The average Bonchev–Trinajstić information content (AvgIpc) is 3.12. The van der Waals surface area contributed by atoms with Crippen LogP contribution in [0, 0.1) is 0 Å². The van der Waals surface area contributed by atoms with E-state index in [1.54, 1.807) is 33.5 Å². The zero-order valence-corrected chi connectivity index (χ0v) is 14.5. The van der Waals surface area contributed by atoms with Gasteiger partial charge in [0.2, 0.25) is 15.9 Å². The summed E-state index contributed by atoms with van der Waals surface area (Å²) in [5.74, 6) is 0.111. The number of amides is 1. The number of nitrogens with one attached hydrogen (secondary N) is 1. The Labute approximate surface area is 142 Å². The second-order valence-electron chi connectivity index (χ2n) is 6.93. The molecule has 3 fully saturated rings. The number of fused-ring (bicyclic) bond motifs is 2. The van der Waals surface area contributed by atoms with E-state index in [2.05, 4.69) is 5.32 Å². The number of carbonyl (C=O) groups excluding carboxylic acids is 1. The van der Waals surface area contributed by atoms with Gasteiger partial charge in [-0.3, -0.25) is 4.79 Å². The largest absolute Gasteiger partial charge is 0.312 e. The normalized spacial score (nSPS) is 28.3. The molecule has 0 spiro atoms. The lowest BCUT2D eigenvalue weighted by Crippen LogP contribution is -2.39. The van der Waals surface area contributed by atoms with Crippen LogP contribution in [0.2, 0.25) is 0 Å². The molecule has 3 aliphatic rings. The molecule has 6 nitrogen and oxygen atoms in total. The van der Waals surface area contributed by atoms with Gasteiger partial charge in [-0.25, -0.2) is 8.42 Å². The highest BCUT2D eigenvalue weighted by Crippen LogP contribution is 2.27. The number of hydrogen-bond acceptors (Lipinski definition) is 4. The lowest BCUT2D eigenvalue weighted by molar-refractivity contribution is -0.117. The first kappa shape index (κ1) is 16.1. The predicted molar refractivity (Wildman–Crippen MR) is 91.4 cm³/mol. The molecule has 0 radical (unpaired) electrons. The van der Waals surface area contributed by atoms with Crippen LogP contribution < -0.4 is 10.2 Å². The molecule has 2 atom stereocenters. The summed E-state index contributed by atoms with van der Waals surface area (Å²) < 4.78 is 27.5. The maximum absolute atomic E-state index is 12.9. The topological polar surface area (TPSA) is 69.7 Å². The van der Waals surface area contributed by atoms with E-state index in [-0.39, 0.29) is 11.9 Å². The van der Waals surface area contributed by atoms with Gasteiger partial charge in [0.15, 0.2) is 0 Å². The molecule has 0 saturated carbocycles. The third kappa shape index (κ3) is 2.85. The minimum absolute atomic E-state index is 0.111. The fourth-order valence-corrected chi connectivity index (χ4v) is 5.50. The Morgan fingerprint density at radius 1 is 1.00 bits per heavy atom. The monoisotopic (exact) mass is 349 g/mol. The molecule has 0 aliphatic carbocycles. The van der Waals surface area contributed by atoms with Gasteiger partial charge in [0.05, 0.1) is 4.90 Å². The summed E-state index contributed by atoms with van der Waals surface area (Å²) >= 11 is 0. The zero-order valence-electron chi connectivity index (χ0n) is 13.6. The molecule has 1 aromatic rings. The van der Waals surface area contributed by atoms with Gasteiger partial charge in [0.1, 0.15) is 0 Å². The number of hydrogen-bond donors (Lipinski definition) is 1. The van der Waals surface area contributed by atoms with Gasteiger partial charge < -0.3 is 10.2 Å². The highest BCUT2D eigenvalue weighted by molar-refractivity contribution is 7.89. The third-order valence-corrected chi connectivity index (χ3v) is 7.22. The summed E-state index contributed by atoms with van der Waals surface area (Å²) in [7, 11) is -3.47. The van der Waals surface area contributed by atoms with Crippen molar-refractivity contribution in [3.8, 4) is 0 Å². The molecular weight excluding hydrogens is 326 g/mol. The molecule has 2 bridgehead atoms. The molecule has 3 saturated heterocycles. The summed E-state index contributed by atoms with van der Waals surface area (Å²) in [6.45, 7) is 1.83. The number of nitrogens with zero attached hydrogens (tertiary/aromatic N) is 2. The van der Waals surface area contributed by atoms with Gasteiger partial charge in [-0.2, -0.15) is 4.31 Å². The van der Waals surface area contributed by atoms with Crippen LogP contribution >= 0.6 is 0 Å². The first-order chi connectivity index (χ1) is 11.5. The Morgan fingerprint density at radius 3 is 2.46 bits per heavy atom. The van der Waals surface area contributed by atoms with E-state index in [1.165, 1.54) is 0 Å². The molecule has 7 heteroatoms. The Balaban J connectivity index is 1.54. The van der Waals surface area contributed by atoms with Gasteiger partial charge >= 0.3 is 0 Å². The Kier molecular flexibility index (Phi) is 4.10. The van der Waals surface area contributed by atoms with Gasteiger partial charge in [-0.15, -0.1) is 0 Å². The summed E-state index contributed by atoms with van der Waals surface area (Å²) in [4.78, 5) is 13.9. The molecule has 3 aliphatic heterocycles. The fourth-order valence-electron chi connectivity index (χ4n) is 4.00. The molecule has 1 aromatic carbocycles. The fraction of sp³-hybridized carbons (Fsp3) is 0.588. The minimum Gasteiger partial charge on any atom is -0.312 e. The van der Waals surface area contributed by atoms with Crippen LogP contribution in [-0.2, 0) is 14.8 Å². The lowest BCUT2D eigenvalue weighted by Gasteiger charge is -2.24. The molecule has 130 valence electrons. The number of carbonyl (C=O) groups is 1. The molecule has 2 unspecified atom stereocenters. The van der Waals surface area contributed by atoms with Crippen LogP contribution in [0.4, 0.5) is 5.69 Å². The number of sulfonamides is 1. The summed E-state index contributed by atoms with van der Waals surface area (Å²) in [6, 6.07) is 7.49. The molecule has 3 heterocycles. The SMILES string of the molecule is O=C1CCCN1c1ccc(S(=O)(=O)N2CCC3CCC(C2)N3)cc1. The molecule has 1 N–H and O–H groups in total. The highest BCUT2D eigenvalue weighted by Gasteiger charge is 2.35. The van der Waals surface area contributed by atoms with Crippen LogP contribution in [0.25, 0.3) is 0 Å². The average molecular weight is 349 g/mol. The van der Waals surface area contributed by atoms with Crippen molar-refractivity contribution in [2.45, 2.75) is 49.1 Å². The quantitative estimate of drug-likeness (QED) is 0.894. The second-order valence-corrected chi connectivity index (χ2v) is 8.87. The van der Waals surface area contributed by atoms with Crippen LogP contribution in [0.3, 0.4) is 0 Å².